The Labute approximate surface area is 63.4 Å². The maximum Gasteiger partial charge on any atom is 0.415 e. The number of hydrogen-bond donors (Lipinski definition) is 0. The predicted molar refractivity (Wildman–Crippen MR) is 37.1 cm³/mol. The third-order valence-electron chi connectivity index (χ3n) is 1.56. The summed E-state index contributed by atoms with van der Waals surface area (Å²) in [6.07, 6.45) is 0.419. The molecule has 0 spiro atoms. The average molecular weight is 162 g/mol. The lowest BCUT2D eigenvalue weighted by atomic mass is 10.2. The number of alkyl halides is 3. The highest BCUT2D eigenvalue weighted by molar-refractivity contribution is 5.21. The molecule has 62 valence electrons. The van der Waals surface area contributed by atoms with Gasteiger partial charge in [0.15, 0.2) is 0 Å². The van der Waals surface area contributed by atoms with E-state index in [0.29, 0.717) is 5.92 Å². The van der Waals surface area contributed by atoms with Gasteiger partial charge in [0, 0.05) is 5.57 Å². The molecular formula is C8H9F3. The van der Waals surface area contributed by atoms with Crippen LogP contribution in [0.1, 0.15) is 12.8 Å². The number of rotatable bonds is 2. The van der Waals surface area contributed by atoms with E-state index in [4.69, 9.17) is 0 Å². The molecule has 0 unspecified atom stereocenters. The van der Waals surface area contributed by atoms with Crippen LogP contribution in [0, 0.1) is 5.92 Å². The zero-order chi connectivity index (χ0) is 8.48. The summed E-state index contributed by atoms with van der Waals surface area (Å²) in [6.45, 7) is 2.91. The second-order valence-electron chi connectivity index (χ2n) is 2.72. The molecule has 1 aliphatic carbocycles. The first-order valence-corrected chi connectivity index (χ1v) is 3.44. The lowest BCUT2D eigenvalue weighted by Crippen LogP contribution is -2.08. The van der Waals surface area contributed by atoms with Gasteiger partial charge in [0.05, 0.1) is 0 Å². The Morgan fingerprint density at radius 2 is 1.91 bits per heavy atom. The molecule has 0 nitrogen and oxygen atoms in total. The fourth-order valence-corrected chi connectivity index (χ4v) is 0.635. The quantitative estimate of drug-likeness (QED) is 0.547. The monoisotopic (exact) mass is 162 g/mol. The van der Waals surface area contributed by atoms with Crippen LogP contribution < -0.4 is 0 Å². The summed E-state index contributed by atoms with van der Waals surface area (Å²) in [7, 11) is 0. The van der Waals surface area contributed by atoms with E-state index in [1.807, 2.05) is 0 Å². The molecule has 1 saturated carbocycles. The smallest absolute Gasteiger partial charge is 0.166 e. The van der Waals surface area contributed by atoms with Crippen molar-refractivity contribution in [1.82, 2.24) is 0 Å². The molecule has 0 aromatic carbocycles. The van der Waals surface area contributed by atoms with Crippen LogP contribution in [0.3, 0.4) is 0 Å². The summed E-state index contributed by atoms with van der Waals surface area (Å²) in [4.78, 5) is 0. The topological polar surface area (TPSA) is 0 Å². The third-order valence-corrected chi connectivity index (χ3v) is 1.56. The van der Waals surface area contributed by atoms with Crippen LogP contribution in [0.15, 0.2) is 24.3 Å². The van der Waals surface area contributed by atoms with Crippen LogP contribution >= 0.6 is 0 Å². The lowest BCUT2D eigenvalue weighted by Gasteiger charge is -2.03. The molecule has 0 amide bonds. The first-order valence-electron chi connectivity index (χ1n) is 3.44. The summed E-state index contributed by atoms with van der Waals surface area (Å²) in [5.41, 5.74) is -0.760. The normalized spacial score (nSPS) is 19.2. The van der Waals surface area contributed by atoms with Gasteiger partial charge in [0.2, 0.25) is 0 Å². The molecule has 11 heavy (non-hydrogen) atoms. The van der Waals surface area contributed by atoms with Gasteiger partial charge in [-0.25, -0.2) is 0 Å². The summed E-state index contributed by atoms with van der Waals surface area (Å²) in [5, 5.41) is 0. The molecule has 0 aromatic heterocycles. The molecule has 3 heteroatoms. The highest BCUT2D eigenvalue weighted by atomic mass is 19.4. The van der Waals surface area contributed by atoms with Crippen molar-refractivity contribution in [3.8, 4) is 0 Å². The zero-order valence-electron chi connectivity index (χ0n) is 5.99. The van der Waals surface area contributed by atoms with E-state index in [0.717, 1.165) is 18.9 Å². The molecule has 0 atom stereocenters. The zero-order valence-corrected chi connectivity index (χ0v) is 5.99. The predicted octanol–water partition coefficient (Wildman–Crippen LogP) is 3.07. The molecule has 0 heterocycles. The molecule has 1 aliphatic rings. The van der Waals surface area contributed by atoms with E-state index in [9.17, 15) is 13.2 Å². The Morgan fingerprint density at radius 3 is 2.27 bits per heavy atom. The molecular weight excluding hydrogens is 153 g/mol. The van der Waals surface area contributed by atoms with Crippen LogP contribution in [-0.2, 0) is 0 Å². The molecule has 1 rings (SSSR count). The van der Waals surface area contributed by atoms with Gasteiger partial charge in [0.1, 0.15) is 0 Å². The van der Waals surface area contributed by atoms with Crippen LogP contribution in [-0.4, -0.2) is 6.18 Å². The molecule has 0 radical (unpaired) electrons. The average Bonchev–Trinajstić information content (AvgIpc) is 2.62. The van der Waals surface area contributed by atoms with Crippen molar-refractivity contribution < 1.29 is 13.2 Å². The summed E-state index contributed by atoms with van der Waals surface area (Å²) in [6, 6.07) is 0. The van der Waals surface area contributed by atoms with Gasteiger partial charge in [-0.3, -0.25) is 0 Å². The maximum atomic E-state index is 11.8. The highest BCUT2D eigenvalue weighted by Gasteiger charge is 2.30. The molecule has 0 bridgehead atoms. The Morgan fingerprint density at radius 1 is 1.36 bits per heavy atom. The molecule has 1 fully saturated rings. The summed E-state index contributed by atoms with van der Waals surface area (Å²) >= 11 is 0. The van der Waals surface area contributed by atoms with E-state index >= 15 is 0 Å². The van der Waals surface area contributed by atoms with Gasteiger partial charge in [-0.05, 0) is 18.8 Å². The fourth-order valence-electron chi connectivity index (χ4n) is 0.635. The van der Waals surface area contributed by atoms with Gasteiger partial charge >= 0.3 is 6.18 Å². The minimum absolute atomic E-state index is 0.370. The Kier molecular flexibility index (Phi) is 2.07. The second kappa shape index (κ2) is 2.72. The number of hydrogen-bond acceptors (Lipinski definition) is 0. The van der Waals surface area contributed by atoms with Crippen LogP contribution in [0.2, 0.25) is 0 Å². The van der Waals surface area contributed by atoms with E-state index in [-0.39, 0.29) is 0 Å². The minimum atomic E-state index is -4.26. The van der Waals surface area contributed by atoms with Gasteiger partial charge in [0.25, 0.3) is 0 Å². The van der Waals surface area contributed by atoms with Crippen LogP contribution in [0.25, 0.3) is 0 Å². The first kappa shape index (κ1) is 8.37. The molecule has 0 aromatic rings. The van der Waals surface area contributed by atoms with Crippen molar-refractivity contribution >= 4 is 0 Å². The van der Waals surface area contributed by atoms with E-state index in [1.165, 1.54) is 0 Å². The maximum absolute atomic E-state index is 11.8. The number of halogens is 3. The molecule has 0 N–H and O–H groups in total. The van der Waals surface area contributed by atoms with Crippen molar-refractivity contribution in [3.63, 3.8) is 0 Å². The van der Waals surface area contributed by atoms with E-state index in [1.54, 1.807) is 6.08 Å². The summed E-state index contributed by atoms with van der Waals surface area (Å²) < 4.78 is 35.3. The van der Waals surface area contributed by atoms with E-state index in [2.05, 4.69) is 6.58 Å². The van der Waals surface area contributed by atoms with Crippen molar-refractivity contribution in [3.05, 3.63) is 24.3 Å². The van der Waals surface area contributed by atoms with Gasteiger partial charge in [-0.2, -0.15) is 13.2 Å². The van der Waals surface area contributed by atoms with Crippen molar-refractivity contribution in [2.24, 2.45) is 5.92 Å². The Balaban J connectivity index is 2.41. The van der Waals surface area contributed by atoms with E-state index < -0.39 is 11.7 Å². The summed E-state index contributed by atoms with van der Waals surface area (Å²) in [5.74, 6) is 0.370. The molecule has 0 aliphatic heterocycles. The Bertz CT molecular complexity index is 184. The largest absolute Gasteiger partial charge is 0.415 e. The second-order valence-corrected chi connectivity index (χ2v) is 2.72. The van der Waals surface area contributed by atoms with Crippen molar-refractivity contribution in [1.29, 1.82) is 0 Å². The first-order chi connectivity index (χ1) is 5.00. The van der Waals surface area contributed by atoms with Crippen molar-refractivity contribution in [2.75, 3.05) is 0 Å². The van der Waals surface area contributed by atoms with Crippen LogP contribution in [0.5, 0.6) is 0 Å². The lowest BCUT2D eigenvalue weighted by molar-refractivity contribution is -0.0878. The standard InChI is InChI=1S/C8H9F3/c1-6(8(9,10)11)2-3-7-4-5-7/h2-3,7H,1,4-5H2. The molecule has 0 saturated heterocycles. The van der Waals surface area contributed by atoms with Crippen LogP contribution in [0.4, 0.5) is 13.2 Å². The Hall–Kier alpha value is -0.730. The van der Waals surface area contributed by atoms with Gasteiger partial charge < -0.3 is 0 Å². The third kappa shape index (κ3) is 2.78. The van der Waals surface area contributed by atoms with Gasteiger partial charge in [-0.15, -0.1) is 0 Å². The number of allylic oxidation sites excluding steroid dienone is 3. The SMILES string of the molecule is C=C(C=CC1CC1)C(F)(F)F. The van der Waals surface area contributed by atoms with Gasteiger partial charge in [-0.1, -0.05) is 18.7 Å². The highest BCUT2D eigenvalue weighted by Crippen LogP contribution is 2.32. The minimum Gasteiger partial charge on any atom is -0.166 e. The van der Waals surface area contributed by atoms with Crippen molar-refractivity contribution in [2.45, 2.75) is 19.0 Å². The fraction of sp³-hybridized carbons (Fsp3) is 0.500.